The molecule has 3 heteroatoms. The molecule has 0 spiro atoms. The molecule has 3 nitrogen and oxygen atoms in total. The Bertz CT molecular complexity index is 561. The minimum Gasteiger partial charge on any atom is -0.460 e. The number of esters is 1. The second-order valence-electron chi connectivity index (χ2n) is 8.87. The maximum absolute atomic E-state index is 12.9. The molecule has 0 radical (unpaired) electrons. The highest BCUT2D eigenvalue weighted by atomic mass is 16.6. The van der Waals surface area contributed by atoms with Gasteiger partial charge in [0, 0.05) is 12.1 Å². The van der Waals surface area contributed by atoms with Gasteiger partial charge in [-0.1, -0.05) is 44.2 Å². The summed E-state index contributed by atoms with van der Waals surface area (Å²) in [5.74, 6) is 1.01. The summed E-state index contributed by atoms with van der Waals surface area (Å²) in [5.41, 5.74) is 0.864. The summed E-state index contributed by atoms with van der Waals surface area (Å²) in [5, 5.41) is 0. The molecule has 0 bridgehead atoms. The van der Waals surface area contributed by atoms with Crippen LogP contribution in [0.1, 0.15) is 66.0 Å². The zero-order chi connectivity index (χ0) is 18.8. The Kier molecular flexibility index (Phi) is 6.31. The van der Waals surface area contributed by atoms with Crippen LogP contribution in [0.2, 0.25) is 0 Å². The highest BCUT2D eigenvalue weighted by molar-refractivity contribution is 5.74. The molecule has 1 aromatic rings. The van der Waals surface area contributed by atoms with Crippen LogP contribution in [0, 0.1) is 17.8 Å². The van der Waals surface area contributed by atoms with Crippen LogP contribution in [-0.4, -0.2) is 29.6 Å². The molecule has 0 unspecified atom stereocenters. The van der Waals surface area contributed by atoms with Crippen molar-refractivity contribution in [3.05, 3.63) is 35.9 Å². The molecule has 1 fully saturated rings. The van der Waals surface area contributed by atoms with E-state index in [9.17, 15) is 4.79 Å². The lowest BCUT2D eigenvalue weighted by Gasteiger charge is -2.39. The Balaban J connectivity index is 2.25. The summed E-state index contributed by atoms with van der Waals surface area (Å²) in [6.07, 6.45) is 2.02. The first kappa shape index (κ1) is 20.0. The van der Waals surface area contributed by atoms with Crippen LogP contribution in [0.15, 0.2) is 30.3 Å². The highest BCUT2D eigenvalue weighted by Gasteiger charge is 2.46. The highest BCUT2D eigenvalue weighted by Crippen LogP contribution is 2.42. The summed E-state index contributed by atoms with van der Waals surface area (Å²) >= 11 is 0. The smallest absolute Gasteiger partial charge is 0.311 e. The molecule has 0 heterocycles. The Morgan fingerprint density at radius 3 is 2.24 bits per heavy atom. The molecule has 1 aliphatic rings. The number of rotatable bonds is 5. The summed E-state index contributed by atoms with van der Waals surface area (Å²) < 4.78 is 5.75. The van der Waals surface area contributed by atoms with E-state index in [-0.39, 0.29) is 24.0 Å². The van der Waals surface area contributed by atoms with Crippen molar-refractivity contribution < 1.29 is 9.53 Å². The Morgan fingerprint density at radius 1 is 1.12 bits per heavy atom. The summed E-state index contributed by atoms with van der Waals surface area (Å²) in [6, 6.07) is 11.1. The number of benzene rings is 1. The lowest BCUT2D eigenvalue weighted by atomic mass is 9.86. The van der Waals surface area contributed by atoms with E-state index in [4.69, 9.17) is 4.74 Å². The first-order chi connectivity index (χ1) is 11.6. The topological polar surface area (TPSA) is 29.5 Å². The fourth-order valence-corrected chi connectivity index (χ4v) is 4.19. The molecule has 1 saturated carbocycles. The van der Waals surface area contributed by atoms with E-state index in [1.54, 1.807) is 0 Å². The minimum atomic E-state index is -0.429. The number of hydrogen-bond acceptors (Lipinski definition) is 3. The third kappa shape index (κ3) is 4.84. The van der Waals surface area contributed by atoms with Crippen LogP contribution in [0.4, 0.5) is 0 Å². The van der Waals surface area contributed by atoms with Crippen LogP contribution < -0.4 is 0 Å². The van der Waals surface area contributed by atoms with Crippen molar-refractivity contribution in [2.75, 3.05) is 7.05 Å². The molecule has 25 heavy (non-hydrogen) atoms. The van der Waals surface area contributed by atoms with Crippen LogP contribution in [-0.2, 0) is 9.53 Å². The quantitative estimate of drug-likeness (QED) is 0.698. The van der Waals surface area contributed by atoms with Gasteiger partial charge in [-0.05, 0) is 65.0 Å². The molecule has 4 atom stereocenters. The van der Waals surface area contributed by atoms with E-state index in [2.05, 4.69) is 57.0 Å². The lowest BCUT2D eigenvalue weighted by Crippen LogP contribution is -2.46. The van der Waals surface area contributed by atoms with Crippen LogP contribution in [0.5, 0.6) is 0 Å². The largest absolute Gasteiger partial charge is 0.460 e. The number of carbonyl (C=O) groups excluding carboxylic acids is 1. The summed E-state index contributed by atoms with van der Waals surface area (Å²) in [7, 11) is 2.17. The van der Waals surface area contributed by atoms with E-state index in [0.717, 1.165) is 12.8 Å². The lowest BCUT2D eigenvalue weighted by molar-refractivity contribution is -0.162. The van der Waals surface area contributed by atoms with Gasteiger partial charge >= 0.3 is 5.97 Å². The van der Waals surface area contributed by atoms with Crippen LogP contribution in [0.25, 0.3) is 0 Å². The van der Waals surface area contributed by atoms with Crippen molar-refractivity contribution in [3.8, 4) is 0 Å². The SMILES string of the molecule is CC(C)[C@H]1CC[C@H](C(=O)OC(C)(C)C)[C@H]1N(C)[C@@H](C)c1ccccc1. The molecule has 140 valence electrons. The fraction of sp³-hybridized carbons (Fsp3) is 0.682. The minimum absolute atomic E-state index is 0.0345. The van der Waals surface area contributed by atoms with Crippen molar-refractivity contribution in [2.24, 2.45) is 17.8 Å². The average Bonchev–Trinajstić information content (AvgIpc) is 2.98. The third-order valence-electron chi connectivity index (χ3n) is 5.59. The molecule has 1 aliphatic carbocycles. The molecule has 1 aromatic carbocycles. The Hall–Kier alpha value is -1.35. The summed E-state index contributed by atoms with van der Waals surface area (Å²) in [6.45, 7) is 12.6. The van der Waals surface area contributed by atoms with Gasteiger partial charge in [0.05, 0.1) is 5.92 Å². The van der Waals surface area contributed by atoms with Gasteiger partial charge in [-0.3, -0.25) is 9.69 Å². The van der Waals surface area contributed by atoms with Gasteiger partial charge in [0.15, 0.2) is 0 Å². The Labute approximate surface area is 153 Å². The maximum Gasteiger partial charge on any atom is 0.311 e. The molecule has 0 N–H and O–H groups in total. The van der Waals surface area contributed by atoms with Crippen molar-refractivity contribution in [2.45, 2.75) is 72.1 Å². The predicted molar refractivity (Wildman–Crippen MR) is 103 cm³/mol. The molecule has 2 rings (SSSR count). The van der Waals surface area contributed by atoms with E-state index in [0.29, 0.717) is 11.8 Å². The average molecular weight is 346 g/mol. The number of carbonyl (C=O) groups is 1. The molecule has 0 saturated heterocycles. The van der Waals surface area contributed by atoms with Crippen molar-refractivity contribution in [3.63, 3.8) is 0 Å². The second kappa shape index (κ2) is 7.90. The number of hydrogen-bond donors (Lipinski definition) is 0. The molecular formula is C22H35NO2. The van der Waals surface area contributed by atoms with E-state index < -0.39 is 5.60 Å². The summed E-state index contributed by atoms with van der Waals surface area (Å²) in [4.78, 5) is 15.3. The van der Waals surface area contributed by atoms with Gasteiger partial charge in [-0.15, -0.1) is 0 Å². The molecule has 0 aromatic heterocycles. The monoisotopic (exact) mass is 345 g/mol. The van der Waals surface area contributed by atoms with Gasteiger partial charge in [0.2, 0.25) is 0 Å². The first-order valence-corrected chi connectivity index (χ1v) is 9.61. The van der Waals surface area contributed by atoms with Crippen molar-refractivity contribution in [1.82, 2.24) is 4.90 Å². The normalized spacial score (nSPS) is 25.4. The molecular weight excluding hydrogens is 310 g/mol. The van der Waals surface area contributed by atoms with Crippen LogP contribution in [0.3, 0.4) is 0 Å². The van der Waals surface area contributed by atoms with E-state index >= 15 is 0 Å². The predicted octanol–water partition coefficient (Wildman–Crippen LogP) is 5.07. The van der Waals surface area contributed by atoms with E-state index in [1.165, 1.54) is 5.56 Å². The zero-order valence-corrected chi connectivity index (χ0v) is 17.0. The van der Waals surface area contributed by atoms with Crippen LogP contribution >= 0.6 is 0 Å². The van der Waals surface area contributed by atoms with Crippen molar-refractivity contribution in [1.29, 1.82) is 0 Å². The maximum atomic E-state index is 12.9. The van der Waals surface area contributed by atoms with Gasteiger partial charge in [-0.2, -0.15) is 0 Å². The third-order valence-corrected chi connectivity index (χ3v) is 5.59. The van der Waals surface area contributed by atoms with Gasteiger partial charge in [0.1, 0.15) is 5.60 Å². The second-order valence-corrected chi connectivity index (χ2v) is 8.87. The van der Waals surface area contributed by atoms with Gasteiger partial charge in [-0.25, -0.2) is 0 Å². The zero-order valence-electron chi connectivity index (χ0n) is 17.0. The molecule has 0 amide bonds. The Morgan fingerprint density at radius 2 is 1.72 bits per heavy atom. The fourth-order valence-electron chi connectivity index (χ4n) is 4.19. The van der Waals surface area contributed by atoms with Crippen molar-refractivity contribution >= 4 is 5.97 Å². The first-order valence-electron chi connectivity index (χ1n) is 9.61. The standard InChI is InChI=1S/C22H35NO2/c1-15(2)18-13-14-19(21(24)25-22(4,5)6)20(18)23(7)16(3)17-11-9-8-10-12-17/h8-12,15-16,18-20H,13-14H2,1-7H3/t16-,18+,19-,20-/m0/s1. The van der Waals surface area contributed by atoms with E-state index in [1.807, 2.05) is 26.8 Å². The molecule has 0 aliphatic heterocycles. The van der Waals surface area contributed by atoms with Gasteiger partial charge < -0.3 is 4.74 Å². The number of ether oxygens (including phenoxy) is 1. The van der Waals surface area contributed by atoms with Gasteiger partial charge in [0.25, 0.3) is 0 Å². The number of nitrogens with zero attached hydrogens (tertiary/aromatic N) is 1.